The molecule has 1 atom stereocenters. The zero-order valence-corrected chi connectivity index (χ0v) is 19.5. The second kappa shape index (κ2) is 8.61. The van der Waals surface area contributed by atoms with Crippen LogP contribution in [0.5, 0.6) is 5.88 Å². The summed E-state index contributed by atoms with van der Waals surface area (Å²) in [6.45, 7) is 7.98. The first-order chi connectivity index (χ1) is 15.2. The van der Waals surface area contributed by atoms with E-state index in [1.807, 2.05) is 32.5 Å². The van der Waals surface area contributed by atoms with Gasteiger partial charge in [0.15, 0.2) is 5.82 Å². The molecular formula is C23H27FN4O3S. The minimum Gasteiger partial charge on any atom is -0.478 e. The summed E-state index contributed by atoms with van der Waals surface area (Å²) in [4.78, 5) is 30.2. The lowest BCUT2D eigenvalue weighted by molar-refractivity contribution is 0.0915. The Hall–Kier alpha value is -2.81. The van der Waals surface area contributed by atoms with Crippen LogP contribution in [0.2, 0.25) is 0 Å². The molecule has 1 saturated heterocycles. The molecule has 1 fully saturated rings. The van der Waals surface area contributed by atoms with Crippen LogP contribution < -0.4 is 15.7 Å². The van der Waals surface area contributed by atoms with Crippen molar-refractivity contribution in [3.05, 3.63) is 52.3 Å². The van der Waals surface area contributed by atoms with E-state index in [0.717, 1.165) is 24.1 Å². The van der Waals surface area contributed by atoms with Gasteiger partial charge in [-0.25, -0.2) is 14.2 Å². The van der Waals surface area contributed by atoms with E-state index < -0.39 is 5.82 Å². The zero-order chi connectivity index (χ0) is 23.0. The largest absolute Gasteiger partial charge is 0.478 e. The van der Waals surface area contributed by atoms with Gasteiger partial charge in [-0.15, -0.1) is 0 Å². The van der Waals surface area contributed by atoms with Crippen molar-refractivity contribution in [1.29, 1.82) is 0 Å². The molecule has 7 nitrogen and oxygen atoms in total. The summed E-state index contributed by atoms with van der Waals surface area (Å²) in [6.07, 6.45) is 1.97. The van der Waals surface area contributed by atoms with Crippen LogP contribution in [0.3, 0.4) is 0 Å². The lowest BCUT2D eigenvalue weighted by Crippen LogP contribution is -2.45. The van der Waals surface area contributed by atoms with Crippen molar-refractivity contribution in [3.8, 4) is 11.6 Å². The third kappa shape index (κ3) is 4.01. The number of carbonyl (C=O) groups is 1. The molecule has 3 aromatic rings. The summed E-state index contributed by atoms with van der Waals surface area (Å²) in [5.74, 6) is 1.32. The number of ether oxygens (including phenoxy) is 1. The normalized spacial score (nSPS) is 18.4. The predicted molar refractivity (Wildman–Crippen MR) is 125 cm³/mol. The van der Waals surface area contributed by atoms with Gasteiger partial charge >= 0.3 is 5.69 Å². The lowest BCUT2D eigenvalue weighted by Gasteiger charge is -2.24. The van der Waals surface area contributed by atoms with Crippen molar-refractivity contribution in [2.24, 2.45) is 0 Å². The second-order valence-corrected chi connectivity index (χ2v) is 9.61. The number of pyridine rings is 1. The molecular weight excluding hydrogens is 431 g/mol. The van der Waals surface area contributed by atoms with E-state index in [0.29, 0.717) is 23.2 Å². The van der Waals surface area contributed by atoms with Crippen LogP contribution in [0.15, 0.2) is 35.3 Å². The fourth-order valence-electron chi connectivity index (χ4n) is 4.01. The average molecular weight is 459 g/mol. The number of hydrogen-bond acceptors (Lipinski definition) is 5. The fraction of sp³-hybridized carbons (Fsp3) is 0.435. The van der Waals surface area contributed by atoms with Crippen molar-refractivity contribution in [2.45, 2.75) is 45.7 Å². The maximum atomic E-state index is 14.7. The Morgan fingerprint density at radius 1 is 1.34 bits per heavy atom. The van der Waals surface area contributed by atoms with Crippen LogP contribution in [-0.2, 0) is 0 Å². The molecule has 0 spiro atoms. The number of benzene rings is 1. The number of halogens is 1. The highest BCUT2D eigenvalue weighted by molar-refractivity contribution is 7.99. The van der Waals surface area contributed by atoms with Gasteiger partial charge in [0, 0.05) is 29.0 Å². The summed E-state index contributed by atoms with van der Waals surface area (Å²) in [5, 5.41) is 3.13. The van der Waals surface area contributed by atoms with Gasteiger partial charge in [0.25, 0.3) is 5.91 Å². The molecule has 0 radical (unpaired) electrons. The van der Waals surface area contributed by atoms with Gasteiger partial charge in [-0.1, -0.05) is 0 Å². The highest BCUT2D eigenvalue weighted by Crippen LogP contribution is 2.29. The Kier molecular flexibility index (Phi) is 6.03. The number of aromatic nitrogens is 3. The topological polar surface area (TPSA) is 78.1 Å². The number of thioether (sulfide) groups is 1. The second-order valence-electron chi connectivity index (χ2n) is 8.51. The van der Waals surface area contributed by atoms with E-state index in [1.165, 1.54) is 10.6 Å². The summed E-state index contributed by atoms with van der Waals surface area (Å²) in [7, 11) is 0. The molecule has 4 rings (SSSR count). The third-order valence-electron chi connectivity index (χ3n) is 5.63. The van der Waals surface area contributed by atoms with E-state index in [1.54, 1.807) is 29.7 Å². The van der Waals surface area contributed by atoms with Gasteiger partial charge < -0.3 is 10.1 Å². The molecule has 32 heavy (non-hydrogen) atoms. The molecule has 0 saturated carbocycles. The smallest absolute Gasteiger partial charge is 0.334 e. The van der Waals surface area contributed by atoms with E-state index >= 15 is 0 Å². The zero-order valence-electron chi connectivity index (χ0n) is 18.6. The number of nitrogens with one attached hydrogen (secondary N) is 1. The molecule has 2 aromatic heterocycles. The maximum absolute atomic E-state index is 14.7. The first kappa shape index (κ1) is 22.4. The van der Waals surface area contributed by atoms with Crippen LogP contribution in [0.25, 0.3) is 16.7 Å². The summed E-state index contributed by atoms with van der Waals surface area (Å²) >= 11 is 1.82. The van der Waals surface area contributed by atoms with E-state index in [9.17, 15) is 14.0 Å². The summed E-state index contributed by atoms with van der Waals surface area (Å²) < 4.78 is 23.0. The van der Waals surface area contributed by atoms with E-state index in [-0.39, 0.29) is 34.7 Å². The highest BCUT2D eigenvalue weighted by atomic mass is 32.2. The minimum absolute atomic E-state index is 0.0607. The quantitative estimate of drug-likeness (QED) is 0.606. The minimum atomic E-state index is -0.633. The van der Waals surface area contributed by atoms with Gasteiger partial charge in [-0.05, 0) is 58.1 Å². The number of rotatable bonds is 6. The number of hydrogen-bond donors (Lipinski definition) is 1. The van der Waals surface area contributed by atoms with Crippen molar-refractivity contribution >= 4 is 28.7 Å². The van der Waals surface area contributed by atoms with Crippen LogP contribution in [0.4, 0.5) is 4.39 Å². The molecule has 1 N–H and O–H groups in total. The Morgan fingerprint density at radius 2 is 2.12 bits per heavy atom. The average Bonchev–Trinajstić information content (AvgIpc) is 3.29. The van der Waals surface area contributed by atoms with Crippen LogP contribution >= 0.6 is 11.8 Å². The van der Waals surface area contributed by atoms with Gasteiger partial charge in [0.05, 0.1) is 29.5 Å². The molecule has 0 bridgehead atoms. The molecule has 1 unspecified atom stereocenters. The van der Waals surface area contributed by atoms with Crippen molar-refractivity contribution in [3.63, 3.8) is 0 Å². The van der Waals surface area contributed by atoms with Crippen LogP contribution in [0, 0.1) is 5.82 Å². The van der Waals surface area contributed by atoms with Gasteiger partial charge in [-0.2, -0.15) is 11.8 Å². The van der Waals surface area contributed by atoms with Crippen LogP contribution in [0.1, 0.15) is 50.5 Å². The molecule has 1 aliphatic rings. The number of carbonyl (C=O) groups excluding carboxylic acids is 1. The lowest BCUT2D eigenvalue weighted by atomic mass is 10.0. The van der Waals surface area contributed by atoms with E-state index in [4.69, 9.17) is 4.74 Å². The third-order valence-corrected chi connectivity index (χ3v) is 6.96. The highest BCUT2D eigenvalue weighted by Gasteiger charge is 2.31. The Bertz CT molecular complexity index is 1230. The molecule has 0 aliphatic carbocycles. The number of fused-ring (bicyclic) bond motifs is 1. The molecule has 9 heteroatoms. The molecule has 1 aromatic carbocycles. The van der Waals surface area contributed by atoms with Gasteiger partial charge in [-0.3, -0.25) is 13.9 Å². The van der Waals surface area contributed by atoms with E-state index in [2.05, 4.69) is 10.3 Å². The Morgan fingerprint density at radius 3 is 2.78 bits per heavy atom. The summed E-state index contributed by atoms with van der Waals surface area (Å²) in [6, 6.07) is 6.30. The number of nitrogens with zero attached hydrogens (tertiary/aromatic N) is 3. The van der Waals surface area contributed by atoms with Crippen molar-refractivity contribution in [1.82, 2.24) is 19.4 Å². The SMILES string of the molecule is CCOc1cc(-n2c(=O)n(C(C)C)c3cc(C(=O)NC4(C)CCSC4)ccc32)c(F)cn1. The summed E-state index contributed by atoms with van der Waals surface area (Å²) in [5.41, 5.74) is 0.973. The molecule has 170 valence electrons. The predicted octanol–water partition coefficient (Wildman–Crippen LogP) is 3.93. The van der Waals surface area contributed by atoms with Gasteiger partial charge in [0.2, 0.25) is 5.88 Å². The van der Waals surface area contributed by atoms with Gasteiger partial charge in [0.1, 0.15) is 0 Å². The van der Waals surface area contributed by atoms with Crippen LogP contribution in [-0.4, -0.2) is 43.7 Å². The number of amides is 1. The molecule has 1 aliphatic heterocycles. The first-order valence-electron chi connectivity index (χ1n) is 10.7. The van der Waals surface area contributed by atoms with Crippen molar-refractivity contribution < 1.29 is 13.9 Å². The first-order valence-corrected chi connectivity index (χ1v) is 11.9. The molecule has 3 heterocycles. The fourth-order valence-corrected chi connectivity index (χ4v) is 5.42. The Labute approximate surface area is 190 Å². The van der Waals surface area contributed by atoms with Crippen molar-refractivity contribution in [2.75, 3.05) is 18.1 Å². The maximum Gasteiger partial charge on any atom is 0.334 e. The number of imidazole rings is 1. The molecule has 1 amide bonds. The monoisotopic (exact) mass is 458 g/mol. The standard InChI is InChI=1S/C23H27FN4O3S/c1-5-31-20-11-18(16(24)12-25-20)28-17-7-6-15(10-19(17)27(14(2)3)22(28)30)21(29)26-23(4)8-9-32-13-23/h6-7,10-12,14H,5,8-9,13H2,1-4H3,(H,26,29). The Balaban J connectivity index is 1.84.